The lowest BCUT2D eigenvalue weighted by Gasteiger charge is -2.40. The van der Waals surface area contributed by atoms with Crippen LogP contribution in [-0.2, 0) is 25.1 Å². The summed E-state index contributed by atoms with van der Waals surface area (Å²) in [5.74, 6) is 0.600. The van der Waals surface area contributed by atoms with E-state index in [2.05, 4.69) is 35.0 Å². The molecule has 0 saturated carbocycles. The number of piperidine rings is 1. The van der Waals surface area contributed by atoms with Crippen molar-refractivity contribution in [2.45, 2.75) is 82.8 Å². The molecule has 1 amide bonds. The molecule has 2 bridgehead atoms. The second-order valence-electron chi connectivity index (χ2n) is 12.7. The maximum absolute atomic E-state index is 11.3. The summed E-state index contributed by atoms with van der Waals surface area (Å²) in [5.41, 5.74) is 3.26. The molecule has 230 valence electrons. The Morgan fingerprint density at radius 2 is 1.86 bits per heavy atom. The number of carbonyl (C=O) groups is 1. The Kier molecular flexibility index (Phi) is 8.05. The zero-order valence-corrected chi connectivity index (χ0v) is 27.2. The number of ether oxygens (including phenoxy) is 1. The van der Waals surface area contributed by atoms with Crippen LogP contribution in [0.5, 0.6) is 0 Å². The molecule has 5 heterocycles. The number of aliphatic hydroxyl groups excluding tert-OH is 1. The summed E-state index contributed by atoms with van der Waals surface area (Å²) in [6, 6.07) is 4.76. The highest BCUT2D eigenvalue weighted by molar-refractivity contribution is 6.76. The van der Waals surface area contributed by atoms with Crippen LogP contribution in [0.25, 0.3) is 33.3 Å². The number of hydrogen-bond acceptors (Lipinski definition) is 8. The van der Waals surface area contributed by atoms with E-state index in [1.165, 1.54) is 0 Å². The molecule has 2 aliphatic rings. The number of aromatic nitrogens is 6. The molecule has 2 fully saturated rings. The lowest BCUT2D eigenvalue weighted by atomic mass is 9.97. The molecule has 43 heavy (non-hydrogen) atoms. The summed E-state index contributed by atoms with van der Waals surface area (Å²) in [4.78, 5) is 23.6. The number of aryl methyl sites for hydroxylation is 1. The molecule has 0 aliphatic carbocycles. The number of fused-ring (bicyclic) bond motifs is 4. The molecule has 3 atom stereocenters. The van der Waals surface area contributed by atoms with Gasteiger partial charge in [0.15, 0.2) is 11.5 Å². The van der Waals surface area contributed by atoms with Gasteiger partial charge in [-0.25, -0.2) is 19.4 Å². The van der Waals surface area contributed by atoms with Crippen molar-refractivity contribution in [1.82, 2.24) is 34.8 Å². The minimum atomic E-state index is -1.30. The highest BCUT2D eigenvalue weighted by atomic mass is 35.5. The molecule has 4 aromatic rings. The number of benzene rings is 1. The van der Waals surface area contributed by atoms with E-state index in [0.29, 0.717) is 74.5 Å². The van der Waals surface area contributed by atoms with Crippen molar-refractivity contribution >= 4 is 65.3 Å². The first-order valence-corrected chi connectivity index (χ1v) is 19.0. The number of aliphatic hydroxyl groups is 1. The van der Waals surface area contributed by atoms with E-state index in [0.717, 1.165) is 18.9 Å². The molecule has 0 spiro atoms. The molecule has 2 saturated heterocycles. The molecule has 2 aliphatic heterocycles. The van der Waals surface area contributed by atoms with E-state index in [9.17, 15) is 15.0 Å². The Hall–Kier alpha value is -2.97. The average Bonchev–Trinajstić information content (AvgIpc) is 3.53. The number of amides is 1. The summed E-state index contributed by atoms with van der Waals surface area (Å²) in [6.07, 6.45) is 2.15. The van der Waals surface area contributed by atoms with Crippen LogP contribution < -0.4 is 10.2 Å². The van der Waals surface area contributed by atoms with Crippen molar-refractivity contribution in [2.24, 2.45) is 7.05 Å². The Balaban J connectivity index is 1.45. The topological polar surface area (TPSA) is 143 Å². The molecule has 3 aromatic heterocycles. The number of halogens is 2. The largest absolute Gasteiger partial charge is 0.465 e. The first-order chi connectivity index (χ1) is 20.4. The van der Waals surface area contributed by atoms with Crippen LogP contribution in [0, 0.1) is 0 Å². The van der Waals surface area contributed by atoms with Gasteiger partial charge in [0.2, 0.25) is 0 Å². The zero-order valence-electron chi connectivity index (χ0n) is 24.6. The predicted octanol–water partition coefficient (Wildman–Crippen LogP) is 5.26. The van der Waals surface area contributed by atoms with Crippen LogP contribution in [0.1, 0.15) is 31.4 Å². The van der Waals surface area contributed by atoms with Crippen LogP contribution in [-0.4, -0.2) is 78.6 Å². The summed E-state index contributed by atoms with van der Waals surface area (Å²) >= 11 is 13.5. The SMILES string of the molecule is Cn1nc2ccc(-c3nn(COCC[Si](C)(C)C)c4nc(N5[C@@H]6CC[C@H]5C[C@@H](NC(=O)O)C6)c(CO)nc34)c(Cl)c2c1Cl. The second kappa shape index (κ2) is 11.5. The minimum absolute atomic E-state index is 0.0843. The molecule has 12 nitrogen and oxygen atoms in total. The number of anilines is 1. The van der Waals surface area contributed by atoms with Gasteiger partial charge in [0.05, 0.1) is 22.5 Å². The smallest absolute Gasteiger partial charge is 0.404 e. The quantitative estimate of drug-likeness (QED) is 0.164. The molecule has 3 N–H and O–H groups in total. The third-order valence-electron chi connectivity index (χ3n) is 8.41. The first kappa shape index (κ1) is 30.1. The van der Waals surface area contributed by atoms with Crippen LogP contribution in [0.15, 0.2) is 12.1 Å². The maximum Gasteiger partial charge on any atom is 0.404 e. The lowest BCUT2D eigenvalue weighted by molar-refractivity contribution is 0.0814. The number of hydrogen-bond donors (Lipinski definition) is 3. The molecular weight excluding hydrogens is 611 g/mol. The number of nitrogens with one attached hydrogen (secondary N) is 1. The van der Waals surface area contributed by atoms with E-state index >= 15 is 0 Å². The maximum atomic E-state index is 11.3. The Bertz CT molecular complexity index is 1690. The van der Waals surface area contributed by atoms with Crippen LogP contribution in [0.2, 0.25) is 35.9 Å². The highest BCUT2D eigenvalue weighted by Gasteiger charge is 2.43. The van der Waals surface area contributed by atoms with Crippen molar-refractivity contribution in [2.75, 3.05) is 11.5 Å². The van der Waals surface area contributed by atoms with Crippen molar-refractivity contribution in [1.29, 1.82) is 0 Å². The zero-order chi connectivity index (χ0) is 30.6. The summed E-state index contributed by atoms with van der Waals surface area (Å²) < 4.78 is 9.38. The number of nitrogens with zero attached hydrogens (tertiary/aromatic N) is 7. The Morgan fingerprint density at radius 1 is 1.14 bits per heavy atom. The molecule has 15 heteroatoms. The fourth-order valence-corrected chi connectivity index (χ4v) is 7.70. The average molecular weight is 648 g/mol. The van der Waals surface area contributed by atoms with E-state index < -0.39 is 14.2 Å². The normalized spacial score (nSPS) is 20.4. The standard InChI is InChI=1S/C28H36Cl2N8O4Si/c1-36-25(30)21-19(34-36)8-7-18(22(21)29)23-24-27(37(35-23)14-42-9-10-43(2,3)4)33-26(20(13-39)32-24)38-16-5-6-17(38)12-15(11-16)31-28(40)41/h7-8,15-17,31,39H,5-6,9-14H2,1-4H3,(H,40,41)/t15-,16+,17-. The Labute approximate surface area is 259 Å². The van der Waals surface area contributed by atoms with Crippen molar-refractivity contribution < 1.29 is 19.7 Å². The third kappa shape index (κ3) is 5.68. The van der Waals surface area contributed by atoms with Gasteiger partial charge in [0.1, 0.15) is 28.8 Å². The summed E-state index contributed by atoms with van der Waals surface area (Å²) in [5, 5.41) is 33.2. The monoisotopic (exact) mass is 646 g/mol. The Morgan fingerprint density at radius 3 is 2.51 bits per heavy atom. The minimum Gasteiger partial charge on any atom is -0.465 e. The van der Waals surface area contributed by atoms with Gasteiger partial charge in [-0.3, -0.25) is 4.68 Å². The highest BCUT2D eigenvalue weighted by Crippen LogP contribution is 2.42. The lowest BCUT2D eigenvalue weighted by Crippen LogP contribution is -2.51. The van der Waals surface area contributed by atoms with Gasteiger partial charge in [-0.2, -0.15) is 10.2 Å². The molecule has 0 radical (unpaired) electrons. The molecule has 6 rings (SSSR count). The second-order valence-corrected chi connectivity index (χ2v) is 19.0. The molecule has 1 aromatic carbocycles. The fraction of sp³-hybridized carbons (Fsp3) is 0.536. The van der Waals surface area contributed by atoms with Gasteiger partial charge in [-0.05, 0) is 43.9 Å². The van der Waals surface area contributed by atoms with Gasteiger partial charge in [0, 0.05) is 45.4 Å². The van der Waals surface area contributed by atoms with Crippen LogP contribution in [0.3, 0.4) is 0 Å². The van der Waals surface area contributed by atoms with Crippen molar-refractivity contribution in [3.63, 3.8) is 0 Å². The predicted molar refractivity (Wildman–Crippen MR) is 169 cm³/mol. The molecule has 0 unspecified atom stereocenters. The van der Waals surface area contributed by atoms with Gasteiger partial charge in [-0.15, -0.1) is 0 Å². The van der Waals surface area contributed by atoms with Crippen molar-refractivity contribution in [3.8, 4) is 11.3 Å². The summed E-state index contributed by atoms with van der Waals surface area (Å²) in [7, 11) is 0.460. The van der Waals surface area contributed by atoms with Gasteiger partial charge < -0.3 is 25.2 Å². The van der Waals surface area contributed by atoms with Crippen LogP contribution in [0.4, 0.5) is 10.6 Å². The third-order valence-corrected chi connectivity index (χ3v) is 10.9. The van der Waals surface area contributed by atoms with E-state index in [-0.39, 0.29) is 31.5 Å². The van der Waals surface area contributed by atoms with E-state index in [4.69, 9.17) is 43.0 Å². The summed E-state index contributed by atoms with van der Waals surface area (Å²) in [6.45, 7) is 7.38. The van der Waals surface area contributed by atoms with E-state index in [1.54, 1.807) is 16.4 Å². The van der Waals surface area contributed by atoms with Gasteiger partial charge in [-0.1, -0.05) is 42.8 Å². The van der Waals surface area contributed by atoms with Gasteiger partial charge >= 0.3 is 6.09 Å². The van der Waals surface area contributed by atoms with Crippen molar-refractivity contribution in [3.05, 3.63) is 28.0 Å². The van der Waals surface area contributed by atoms with Crippen LogP contribution >= 0.6 is 23.2 Å². The first-order valence-electron chi connectivity index (χ1n) is 14.5. The van der Waals surface area contributed by atoms with E-state index in [1.807, 2.05) is 12.1 Å². The number of carboxylic acid groups (broad SMARTS) is 1. The van der Waals surface area contributed by atoms with Gasteiger partial charge in [0.25, 0.3) is 0 Å². The number of rotatable bonds is 9. The molecular formula is C28H36Cl2N8O4Si. The fourth-order valence-electron chi connectivity index (χ4n) is 6.33.